The van der Waals surface area contributed by atoms with Gasteiger partial charge in [-0.05, 0) is 62.2 Å². The molecule has 140 valence electrons. The van der Waals surface area contributed by atoms with E-state index in [1.807, 2.05) is 24.1 Å². The molecule has 1 amide bonds. The Morgan fingerprint density at radius 2 is 2.07 bits per heavy atom. The van der Waals surface area contributed by atoms with Crippen molar-refractivity contribution in [2.75, 3.05) is 18.2 Å². The van der Waals surface area contributed by atoms with Crippen LogP contribution in [-0.2, 0) is 0 Å². The fourth-order valence-electron chi connectivity index (χ4n) is 3.49. The highest BCUT2D eigenvalue weighted by Gasteiger charge is 2.23. The quantitative estimate of drug-likeness (QED) is 0.890. The molecule has 0 fully saturated rings. The van der Waals surface area contributed by atoms with Gasteiger partial charge in [0.15, 0.2) is 0 Å². The van der Waals surface area contributed by atoms with E-state index in [1.165, 1.54) is 12.1 Å². The van der Waals surface area contributed by atoms with Gasteiger partial charge in [0, 0.05) is 29.8 Å². The number of halogens is 1. The minimum Gasteiger partial charge on any atom is -0.493 e. The van der Waals surface area contributed by atoms with E-state index in [0.29, 0.717) is 29.9 Å². The molecule has 0 saturated heterocycles. The molecule has 2 aliphatic heterocycles. The third-order valence-corrected chi connectivity index (χ3v) is 4.95. The van der Waals surface area contributed by atoms with E-state index in [1.54, 1.807) is 18.2 Å². The van der Waals surface area contributed by atoms with Crippen molar-refractivity contribution in [3.63, 3.8) is 0 Å². The van der Waals surface area contributed by atoms with Crippen molar-refractivity contribution < 1.29 is 13.9 Å². The molecule has 0 unspecified atom stereocenters. The molecular formula is C21H22FN3O2. The van der Waals surface area contributed by atoms with Gasteiger partial charge < -0.3 is 10.1 Å². The Labute approximate surface area is 157 Å². The summed E-state index contributed by atoms with van der Waals surface area (Å²) in [6.45, 7) is 3.44. The normalized spacial score (nSPS) is 19.0. The fraction of sp³-hybridized carbons (Fsp3) is 0.333. The van der Waals surface area contributed by atoms with Crippen molar-refractivity contribution in [3.05, 3.63) is 59.4 Å². The topological polar surface area (TPSA) is 53.9 Å². The van der Waals surface area contributed by atoms with Crippen molar-refractivity contribution in [2.24, 2.45) is 5.10 Å². The Balaban J connectivity index is 1.50. The zero-order chi connectivity index (χ0) is 18.8. The number of carbonyl (C=O) groups is 1. The van der Waals surface area contributed by atoms with E-state index in [0.717, 1.165) is 30.8 Å². The highest BCUT2D eigenvalue weighted by Crippen LogP contribution is 2.32. The first-order valence-corrected chi connectivity index (χ1v) is 9.25. The molecule has 5 nitrogen and oxygen atoms in total. The number of amides is 1. The summed E-state index contributed by atoms with van der Waals surface area (Å²) in [6, 6.07) is 11.6. The molecule has 2 aromatic rings. The van der Waals surface area contributed by atoms with E-state index in [2.05, 4.69) is 10.4 Å². The van der Waals surface area contributed by atoms with Gasteiger partial charge >= 0.3 is 0 Å². The van der Waals surface area contributed by atoms with Gasteiger partial charge in [-0.2, -0.15) is 5.10 Å². The van der Waals surface area contributed by atoms with Crippen molar-refractivity contribution >= 4 is 17.3 Å². The number of ether oxygens (including phenoxy) is 1. The standard InChI is InChI=1S/C21H22FN3O2/c1-14-10-11-25(24-14)17-7-4-15(5-8-17)21(26)23-19-3-2-12-27-20-9-6-16(22)13-18(19)20/h4-9,13,19H,2-3,10-12H2,1H3,(H,23,26)/t19-/m0/s1. The Morgan fingerprint density at radius 3 is 2.81 bits per heavy atom. The minimum absolute atomic E-state index is 0.176. The van der Waals surface area contributed by atoms with Crippen LogP contribution in [-0.4, -0.2) is 24.8 Å². The monoisotopic (exact) mass is 367 g/mol. The van der Waals surface area contributed by atoms with Crippen LogP contribution in [0.1, 0.15) is 48.1 Å². The molecule has 2 heterocycles. The molecule has 6 heteroatoms. The molecule has 27 heavy (non-hydrogen) atoms. The van der Waals surface area contributed by atoms with Crippen LogP contribution in [0.15, 0.2) is 47.6 Å². The second kappa shape index (κ2) is 7.39. The highest BCUT2D eigenvalue weighted by atomic mass is 19.1. The molecule has 0 radical (unpaired) electrons. The second-order valence-electron chi connectivity index (χ2n) is 6.95. The van der Waals surface area contributed by atoms with E-state index in [9.17, 15) is 9.18 Å². The summed E-state index contributed by atoms with van der Waals surface area (Å²) in [5.74, 6) is 0.130. The number of fused-ring (bicyclic) bond motifs is 1. The highest BCUT2D eigenvalue weighted by molar-refractivity contribution is 5.95. The van der Waals surface area contributed by atoms with E-state index in [-0.39, 0.29) is 17.8 Å². The van der Waals surface area contributed by atoms with Gasteiger partial charge in [0.25, 0.3) is 5.91 Å². The summed E-state index contributed by atoms with van der Waals surface area (Å²) in [7, 11) is 0. The largest absolute Gasteiger partial charge is 0.493 e. The minimum atomic E-state index is -0.329. The van der Waals surface area contributed by atoms with Crippen LogP contribution >= 0.6 is 0 Å². The van der Waals surface area contributed by atoms with Crippen molar-refractivity contribution in [1.82, 2.24) is 5.32 Å². The number of nitrogens with zero attached hydrogens (tertiary/aromatic N) is 2. The maximum atomic E-state index is 13.7. The van der Waals surface area contributed by atoms with Crippen LogP contribution in [0, 0.1) is 5.82 Å². The van der Waals surface area contributed by atoms with Crippen molar-refractivity contribution in [3.8, 4) is 5.75 Å². The van der Waals surface area contributed by atoms with Gasteiger partial charge in [-0.25, -0.2) is 4.39 Å². The number of anilines is 1. The average Bonchev–Trinajstić information content (AvgIpc) is 3.02. The summed E-state index contributed by atoms with van der Waals surface area (Å²) in [4.78, 5) is 12.7. The summed E-state index contributed by atoms with van der Waals surface area (Å²) in [5.41, 5.74) is 3.35. The van der Waals surface area contributed by atoms with Crippen LogP contribution in [0.5, 0.6) is 5.75 Å². The summed E-state index contributed by atoms with van der Waals surface area (Å²) in [5, 5.41) is 9.44. The number of carbonyl (C=O) groups excluding carboxylic acids is 1. The lowest BCUT2D eigenvalue weighted by molar-refractivity contribution is 0.0934. The molecule has 0 spiro atoms. The second-order valence-corrected chi connectivity index (χ2v) is 6.95. The van der Waals surface area contributed by atoms with Crippen molar-refractivity contribution in [2.45, 2.75) is 32.2 Å². The van der Waals surface area contributed by atoms with Crippen LogP contribution in [0.3, 0.4) is 0 Å². The molecular weight excluding hydrogens is 345 g/mol. The van der Waals surface area contributed by atoms with Crippen molar-refractivity contribution in [1.29, 1.82) is 0 Å². The Kier molecular flexibility index (Phi) is 4.79. The predicted molar refractivity (Wildman–Crippen MR) is 103 cm³/mol. The Bertz CT molecular complexity index is 879. The number of benzene rings is 2. The molecule has 2 aliphatic rings. The maximum absolute atomic E-state index is 13.7. The van der Waals surface area contributed by atoms with Crippen LogP contribution in [0.25, 0.3) is 0 Å². The number of rotatable bonds is 3. The number of nitrogens with one attached hydrogen (secondary N) is 1. The van der Waals surface area contributed by atoms with Crippen LogP contribution < -0.4 is 15.1 Å². The molecule has 1 N–H and O–H groups in total. The molecule has 0 bridgehead atoms. The Hall–Kier alpha value is -2.89. The smallest absolute Gasteiger partial charge is 0.251 e. The average molecular weight is 367 g/mol. The SMILES string of the molecule is CC1=NN(c2ccc(C(=O)N[C@H]3CCCOc4ccc(F)cc43)cc2)CC1. The zero-order valence-corrected chi connectivity index (χ0v) is 15.2. The number of hydrogen-bond acceptors (Lipinski definition) is 4. The van der Waals surface area contributed by atoms with E-state index in [4.69, 9.17) is 4.74 Å². The van der Waals surface area contributed by atoms with Gasteiger partial charge in [-0.15, -0.1) is 0 Å². The maximum Gasteiger partial charge on any atom is 0.251 e. The molecule has 0 aliphatic carbocycles. The molecule has 2 aromatic carbocycles. The van der Waals surface area contributed by atoms with E-state index >= 15 is 0 Å². The zero-order valence-electron chi connectivity index (χ0n) is 15.2. The van der Waals surface area contributed by atoms with Gasteiger partial charge in [-0.1, -0.05) is 0 Å². The van der Waals surface area contributed by atoms with Crippen LogP contribution in [0.4, 0.5) is 10.1 Å². The lowest BCUT2D eigenvalue weighted by Gasteiger charge is -2.19. The summed E-state index contributed by atoms with van der Waals surface area (Å²) in [6.07, 6.45) is 2.47. The third kappa shape index (κ3) is 3.79. The first-order valence-electron chi connectivity index (χ1n) is 9.25. The molecule has 0 aromatic heterocycles. The van der Waals surface area contributed by atoms with E-state index < -0.39 is 0 Å². The molecule has 0 saturated carbocycles. The van der Waals surface area contributed by atoms with Gasteiger partial charge in [0.1, 0.15) is 11.6 Å². The number of hydrogen-bond donors (Lipinski definition) is 1. The summed E-state index contributed by atoms with van der Waals surface area (Å²) >= 11 is 0. The van der Waals surface area contributed by atoms with Crippen LogP contribution in [0.2, 0.25) is 0 Å². The Morgan fingerprint density at radius 1 is 1.26 bits per heavy atom. The predicted octanol–water partition coefficient (Wildman–Crippen LogP) is 4.06. The third-order valence-electron chi connectivity index (χ3n) is 4.95. The van der Waals surface area contributed by atoms with Gasteiger partial charge in [0.2, 0.25) is 0 Å². The van der Waals surface area contributed by atoms with Gasteiger partial charge in [0.05, 0.1) is 18.3 Å². The fourth-order valence-corrected chi connectivity index (χ4v) is 3.49. The lowest BCUT2D eigenvalue weighted by atomic mass is 10.0. The molecule has 4 rings (SSSR count). The first kappa shape index (κ1) is 17.5. The summed E-state index contributed by atoms with van der Waals surface area (Å²) < 4.78 is 19.4. The number of hydrazone groups is 1. The first-order chi connectivity index (χ1) is 13.1. The van der Waals surface area contributed by atoms with Gasteiger partial charge in [-0.3, -0.25) is 9.80 Å². The molecule has 1 atom stereocenters. The lowest BCUT2D eigenvalue weighted by Crippen LogP contribution is -2.28.